The van der Waals surface area contributed by atoms with Crippen LogP contribution in [0.5, 0.6) is 0 Å². The Morgan fingerprint density at radius 2 is 1.57 bits per heavy atom. The molecule has 0 aliphatic heterocycles. The molecule has 0 unspecified atom stereocenters. The van der Waals surface area contributed by atoms with Gasteiger partial charge in [0.05, 0.1) is 0 Å². The SMILES string of the molecule is C=CCCCCCCCCNC(C)C. The molecule has 0 atom stereocenters. The summed E-state index contributed by atoms with van der Waals surface area (Å²) in [6.07, 6.45) is 11.4. The van der Waals surface area contributed by atoms with Crippen LogP contribution in [0.1, 0.15) is 58.8 Å². The Morgan fingerprint density at radius 1 is 1.00 bits per heavy atom. The summed E-state index contributed by atoms with van der Waals surface area (Å²) in [5.41, 5.74) is 0. The average Bonchev–Trinajstić information content (AvgIpc) is 2.15. The quantitative estimate of drug-likeness (QED) is 0.414. The van der Waals surface area contributed by atoms with Gasteiger partial charge in [-0.1, -0.05) is 45.6 Å². The lowest BCUT2D eigenvalue weighted by Gasteiger charge is -2.07. The molecule has 14 heavy (non-hydrogen) atoms. The van der Waals surface area contributed by atoms with E-state index < -0.39 is 0 Å². The van der Waals surface area contributed by atoms with Gasteiger partial charge in [-0.3, -0.25) is 0 Å². The van der Waals surface area contributed by atoms with Gasteiger partial charge in [0.25, 0.3) is 0 Å². The fourth-order valence-corrected chi connectivity index (χ4v) is 1.51. The van der Waals surface area contributed by atoms with Crippen molar-refractivity contribution in [2.24, 2.45) is 0 Å². The average molecular weight is 197 g/mol. The fraction of sp³-hybridized carbons (Fsp3) is 0.846. The van der Waals surface area contributed by atoms with Gasteiger partial charge in [-0.25, -0.2) is 0 Å². The molecule has 1 N–H and O–H groups in total. The highest BCUT2D eigenvalue weighted by Crippen LogP contribution is 2.06. The molecule has 0 aliphatic rings. The molecule has 0 aromatic carbocycles. The zero-order valence-electron chi connectivity index (χ0n) is 10.0. The van der Waals surface area contributed by atoms with Gasteiger partial charge >= 0.3 is 0 Å². The molecule has 1 nitrogen and oxygen atoms in total. The van der Waals surface area contributed by atoms with Gasteiger partial charge in [-0.05, 0) is 25.8 Å². The van der Waals surface area contributed by atoms with E-state index in [-0.39, 0.29) is 0 Å². The van der Waals surface area contributed by atoms with E-state index in [9.17, 15) is 0 Å². The van der Waals surface area contributed by atoms with Gasteiger partial charge < -0.3 is 5.32 Å². The minimum atomic E-state index is 0.641. The van der Waals surface area contributed by atoms with Crippen molar-refractivity contribution in [2.45, 2.75) is 64.8 Å². The summed E-state index contributed by atoms with van der Waals surface area (Å²) in [6, 6.07) is 0.641. The zero-order valence-corrected chi connectivity index (χ0v) is 10.0. The van der Waals surface area contributed by atoms with Crippen LogP contribution in [0.15, 0.2) is 12.7 Å². The van der Waals surface area contributed by atoms with E-state index in [2.05, 4.69) is 25.7 Å². The third-order valence-electron chi connectivity index (χ3n) is 2.39. The van der Waals surface area contributed by atoms with Gasteiger partial charge in [0.15, 0.2) is 0 Å². The Balaban J connectivity index is 2.88. The summed E-state index contributed by atoms with van der Waals surface area (Å²) < 4.78 is 0. The molecule has 0 fully saturated rings. The normalized spacial score (nSPS) is 10.8. The van der Waals surface area contributed by atoms with E-state index in [0.29, 0.717) is 6.04 Å². The first-order valence-electron chi connectivity index (χ1n) is 6.11. The maximum absolute atomic E-state index is 3.73. The second kappa shape index (κ2) is 10.8. The van der Waals surface area contributed by atoms with Gasteiger partial charge in [-0.15, -0.1) is 6.58 Å². The highest BCUT2D eigenvalue weighted by molar-refractivity contribution is 4.65. The highest BCUT2D eigenvalue weighted by atomic mass is 14.9. The lowest BCUT2D eigenvalue weighted by atomic mass is 10.1. The van der Waals surface area contributed by atoms with Crippen LogP contribution in [-0.2, 0) is 0 Å². The minimum absolute atomic E-state index is 0.641. The molecule has 0 heterocycles. The Labute approximate surface area is 90.0 Å². The van der Waals surface area contributed by atoms with Gasteiger partial charge in [-0.2, -0.15) is 0 Å². The molecule has 0 aromatic rings. The lowest BCUT2D eigenvalue weighted by molar-refractivity contribution is 0.533. The van der Waals surface area contributed by atoms with Crippen LogP contribution in [0, 0.1) is 0 Å². The first-order valence-corrected chi connectivity index (χ1v) is 6.11. The molecule has 0 saturated heterocycles. The van der Waals surface area contributed by atoms with Crippen molar-refractivity contribution in [3.63, 3.8) is 0 Å². The van der Waals surface area contributed by atoms with E-state index in [1.165, 1.54) is 51.5 Å². The second-order valence-electron chi connectivity index (χ2n) is 4.31. The van der Waals surface area contributed by atoms with E-state index in [1.54, 1.807) is 0 Å². The summed E-state index contributed by atoms with van der Waals surface area (Å²) in [7, 11) is 0. The van der Waals surface area contributed by atoms with Crippen molar-refractivity contribution < 1.29 is 0 Å². The van der Waals surface area contributed by atoms with Crippen LogP contribution in [0.2, 0.25) is 0 Å². The van der Waals surface area contributed by atoms with E-state index >= 15 is 0 Å². The molecular weight excluding hydrogens is 170 g/mol. The molecule has 0 spiro atoms. The Kier molecular flexibility index (Phi) is 10.5. The smallest absolute Gasteiger partial charge is 0.00103 e. The molecule has 84 valence electrons. The van der Waals surface area contributed by atoms with E-state index in [0.717, 1.165) is 0 Å². The summed E-state index contributed by atoms with van der Waals surface area (Å²) in [6.45, 7) is 9.32. The van der Waals surface area contributed by atoms with E-state index in [1.807, 2.05) is 6.08 Å². The van der Waals surface area contributed by atoms with Crippen LogP contribution < -0.4 is 5.32 Å². The lowest BCUT2D eigenvalue weighted by Crippen LogP contribution is -2.23. The summed E-state index contributed by atoms with van der Waals surface area (Å²) in [4.78, 5) is 0. The fourth-order valence-electron chi connectivity index (χ4n) is 1.51. The number of hydrogen-bond acceptors (Lipinski definition) is 1. The number of allylic oxidation sites excluding steroid dienone is 1. The third kappa shape index (κ3) is 11.7. The molecule has 0 rings (SSSR count). The summed E-state index contributed by atoms with van der Waals surface area (Å²) in [5.74, 6) is 0. The minimum Gasteiger partial charge on any atom is -0.315 e. The molecule has 1 heteroatoms. The number of nitrogens with one attached hydrogen (secondary N) is 1. The monoisotopic (exact) mass is 197 g/mol. The van der Waals surface area contributed by atoms with Crippen LogP contribution >= 0.6 is 0 Å². The molecule has 0 aliphatic carbocycles. The number of rotatable bonds is 10. The number of hydrogen-bond donors (Lipinski definition) is 1. The van der Waals surface area contributed by atoms with Crippen LogP contribution in [-0.4, -0.2) is 12.6 Å². The summed E-state index contributed by atoms with van der Waals surface area (Å²) in [5, 5.41) is 3.44. The second-order valence-corrected chi connectivity index (χ2v) is 4.31. The van der Waals surface area contributed by atoms with Crippen molar-refractivity contribution in [3.8, 4) is 0 Å². The predicted octanol–water partition coefficient (Wildman–Crippen LogP) is 3.90. The topological polar surface area (TPSA) is 12.0 Å². The maximum atomic E-state index is 3.73. The molecular formula is C13H27N. The van der Waals surface area contributed by atoms with Crippen LogP contribution in [0.25, 0.3) is 0 Å². The van der Waals surface area contributed by atoms with Crippen molar-refractivity contribution in [3.05, 3.63) is 12.7 Å². The first-order chi connectivity index (χ1) is 6.77. The highest BCUT2D eigenvalue weighted by Gasteiger charge is 1.92. The molecule has 0 radical (unpaired) electrons. The van der Waals surface area contributed by atoms with Gasteiger partial charge in [0, 0.05) is 6.04 Å². The van der Waals surface area contributed by atoms with Crippen molar-refractivity contribution in [1.29, 1.82) is 0 Å². The summed E-state index contributed by atoms with van der Waals surface area (Å²) >= 11 is 0. The van der Waals surface area contributed by atoms with Crippen LogP contribution in [0.4, 0.5) is 0 Å². The van der Waals surface area contributed by atoms with Crippen molar-refractivity contribution in [1.82, 2.24) is 5.32 Å². The van der Waals surface area contributed by atoms with Crippen molar-refractivity contribution in [2.75, 3.05) is 6.54 Å². The molecule has 0 aromatic heterocycles. The Bertz CT molecular complexity index is 118. The van der Waals surface area contributed by atoms with Gasteiger partial charge in [0.1, 0.15) is 0 Å². The molecule has 0 amide bonds. The molecule has 0 bridgehead atoms. The predicted molar refractivity (Wildman–Crippen MR) is 65.7 cm³/mol. The standard InChI is InChI=1S/C13H27N/c1-4-5-6-7-8-9-10-11-12-14-13(2)3/h4,13-14H,1,5-12H2,2-3H3. The zero-order chi connectivity index (χ0) is 10.6. The maximum Gasteiger partial charge on any atom is 0.00103 e. The van der Waals surface area contributed by atoms with Crippen molar-refractivity contribution >= 4 is 0 Å². The largest absolute Gasteiger partial charge is 0.315 e. The van der Waals surface area contributed by atoms with Crippen LogP contribution in [0.3, 0.4) is 0 Å². The molecule has 0 saturated carbocycles. The van der Waals surface area contributed by atoms with Gasteiger partial charge in [0.2, 0.25) is 0 Å². The Morgan fingerprint density at radius 3 is 2.14 bits per heavy atom. The first kappa shape index (κ1) is 13.7. The number of unbranched alkanes of at least 4 members (excludes halogenated alkanes) is 6. The third-order valence-corrected chi connectivity index (χ3v) is 2.39. The Hall–Kier alpha value is -0.300. The van der Waals surface area contributed by atoms with E-state index in [4.69, 9.17) is 0 Å².